The molecule has 2 aliphatic rings. The highest BCUT2D eigenvalue weighted by atomic mass is 19.1. The molecule has 1 saturated heterocycles. The van der Waals surface area contributed by atoms with Crippen molar-refractivity contribution in [2.24, 2.45) is 0 Å². The van der Waals surface area contributed by atoms with E-state index in [1.54, 1.807) is 12.1 Å². The Bertz CT molecular complexity index is 897. The highest BCUT2D eigenvalue weighted by Crippen LogP contribution is 2.18. The van der Waals surface area contributed by atoms with Gasteiger partial charge in [-0.05, 0) is 17.7 Å². The van der Waals surface area contributed by atoms with E-state index in [0.717, 1.165) is 38.7 Å². The Morgan fingerprint density at radius 1 is 0.857 bits per heavy atom. The first-order chi connectivity index (χ1) is 13.5. The van der Waals surface area contributed by atoms with Crippen LogP contribution in [-0.4, -0.2) is 40.4 Å². The van der Waals surface area contributed by atoms with Crippen LogP contribution in [0.4, 0.5) is 9.18 Å². The predicted molar refractivity (Wildman–Crippen MR) is 98.2 cm³/mol. The highest BCUT2D eigenvalue weighted by Gasteiger charge is 2.47. The van der Waals surface area contributed by atoms with Crippen molar-refractivity contribution in [3.05, 3.63) is 71.5 Å². The van der Waals surface area contributed by atoms with Crippen molar-refractivity contribution in [3.63, 3.8) is 0 Å². The smallest absolute Gasteiger partial charge is 0.311 e. The number of quaternary nitrogens is 1. The third kappa shape index (κ3) is 3.80. The molecule has 1 aliphatic carbocycles. The Labute approximate surface area is 162 Å². The highest BCUT2D eigenvalue weighted by molar-refractivity contribution is 6.44. The summed E-state index contributed by atoms with van der Waals surface area (Å²) in [5, 5.41) is 0. The summed E-state index contributed by atoms with van der Waals surface area (Å²) in [4.78, 5) is 40.6. The lowest BCUT2D eigenvalue weighted by Crippen LogP contribution is -3.13. The van der Waals surface area contributed by atoms with Gasteiger partial charge in [0.15, 0.2) is 6.67 Å². The molecule has 1 saturated carbocycles. The third-order valence-electron chi connectivity index (χ3n) is 5.18. The lowest BCUT2D eigenvalue weighted by molar-refractivity contribution is -0.931. The molecular weight excluding hydrogens is 361 g/mol. The van der Waals surface area contributed by atoms with Gasteiger partial charge in [-0.25, -0.2) is 14.1 Å². The van der Waals surface area contributed by atoms with Gasteiger partial charge in [0.05, 0.1) is 12.6 Å². The molecule has 28 heavy (non-hydrogen) atoms. The van der Waals surface area contributed by atoms with E-state index in [2.05, 4.69) is 0 Å². The largest absolute Gasteiger partial charge is 0.339 e. The molecule has 1 aliphatic heterocycles. The second-order valence-corrected chi connectivity index (χ2v) is 7.29. The van der Waals surface area contributed by atoms with Gasteiger partial charge in [-0.1, -0.05) is 42.5 Å². The maximum Gasteiger partial charge on any atom is 0.339 e. The molecular formula is C21H21FN3O3+. The minimum atomic E-state index is -0.786. The molecule has 1 N–H and O–H groups in total. The molecule has 0 aromatic heterocycles. The van der Waals surface area contributed by atoms with Crippen molar-refractivity contribution in [1.29, 1.82) is 0 Å². The van der Waals surface area contributed by atoms with E-state index in [4.69, 9.17) is 0 Å². The molecule has 1 unspecified atom stereocenters. The molecule has 0 spiro atoms. The van der Waals surface area contributed by atoms with E-state index in [1.165, 1.54) is 12.1 Å². The van der Waals surface area contributed by atoms with Crippen LogP contribution in [0, 0.1) is 5.82 Å². The zero-order valence-electron chi connectivity index (χ0n) is 15.3. The van der Waals surface area contributed by atoms with Gasteiger partial charge in [0.1, 0.15) is 12.4 Å². The van der Waals surface area contributed by atoms with E-state index >= 15 is 0 Å². The number of nitrogens with one attached hydrogen (secondary N) is 1. The van der Waals surface area contributed by atoms with Crippen LogP contribution in [0.2, 0.25) is 0 Å². The van der Waals surface area contributed by atoms with E-state index in [0.29, 0.717) is 12.6 Å². The van der Waals surface area contributed by atoms with Crippen LogP contribution < -0.4 is 4.90 Å². The second kappa shape index (κ2) is 7.52. The normalized spacial score (nSPS) is 18.1. The Morgan fingerprint density at radius 3 is 2.14 bits per heavy atom. The number of hydrogen-bond acceptors (Lipinski definition) is 3. The second-order valence-electron chi connectivity index (χ2n) is 7.29. The van der Waals surface area contributed by atoms with Gasteiger partial charge >= 0.3 is 17.8 Å². The topological polar surface area (TPSA) is 62.1 Å². The lowest BCUT2D eigenvalue weighted by Gasteiger charge is -2.23. The monoisotopic (exact) mass is 382 g/mol. The zero-order valence-corrected chi connectivity index (χ0v) is 15.3. The van der Waals surface area contributed by atoms with Crippen molar-refractivity contribution in [2.75, 3.05) is 6.67 Å². The minimum absolute atomic E-state index is 0.0808. The molecule has 2 fully saturated rings. The molecule has 1 heterocycles. The van der Waals surface area contributed by atoms with Gasteiger partial charge in [0.2, 0.25) is 0 Å². The van der Waals surface area contributed by atoms with Crippen LogP contribution in [-0.2, 0) is 22.7 Å². The first-order valence-electron chi connectivity index (χ1n) is 9.33. The number of halogens is 1. The average molecular weight is 382 g/mol. The Kier molecular flexibility index (Phi) is 4.92. The van der Waals surface area contributed by atoms with Crippen molar-refractivity contribution in [3.8, 4) is 0 Å². The van der Waals surface area contributed by atoms with Crippen LogP contribution in [0.1, 0.15) is 24.0 Å². The Balaban J connectivity index is 1.47. The molecule has 2 aromatic carbocycles. The predicted octanol–water partition coefficient (Wildman–Crippen LogP) is 1.32. The summed E-state index contributed by atoms with van der Waals surface area (Å²) < 4.78 is 13.1. The van der Waals surface area contributed by atoms with Gasteiger partial charge < -0.3 is 4.90 Å². The summed E-state index contributed by atoms with van der Waals surface area (Å²) in [6, 6.07) is 15.1. The molecule has 6 nitrogen and oxygen atoms in total. The molecule has 7 heteroatoms. The van der Waals surface area contributed by atoms with Crippen LogP contribution >= 0.6 is 0 Å². The van der Waals surface area contributed by atoms with Gasteiger partial charge in [0.25, 0.3) is 0 Å². The van der Waals surface area contributed by atoms with Crippen LogP contribution in [0.5, 0.6) is 0 Å². The maximum atomic E-state index is 13.1. The number of urea groups is 1. The fourth-order valence-electron chi connectivity index (χ4n) is 3.48. The summed E-state index contributed by atoms with van der Waals surface area (Å²) in [6.07, 6.45) is 2.02. The standard InChI is InChI=1S/C21H20FN3O3/c22-17-8-6-16(7-9-17)12-23(18-10-11-18)14-25-20(27)19(26)24(21(25)28)13-15-4-2-1-3-5-15/h1-9,18H,10-14H2/p+1. The molecule has 144 valence electrons. The number of rotatable bonds is 7. The number of imide groups is 2. The number of nitrogens with zero attached hydrogens (tertiary/aromatic N) is 2. The molecule has 0 radical (unpaired) electrons. The summed E-state index contributed by atoms with van der Waals surface area (Å²) in [5.41, 5.74) is 1.71. The van der Waals surface area contributed by atoms with Gasteiger partial charge in [-0.3, -0.25) is 14.5 Å². The molecule has 0 bridgehead atoms. The summed E-state index contributed by atoms with van der Waals surface area (Å²) in [7, 11) is 0. The maximum absolute atomic E-state index is 13.1. The number of benzene rings is 2. The van der Waals surface area contributed by atoms with Crippen molar-refractivity contribution < 1.29 is 23.7 Å². The third-order valence-corrected chi connectivity index (χ3v) is 5.18. The van der Waals surface area contributed by atoms with Crippen LogP contribution in [0.25, 0.3) is 0 Å². The van der Waals surface area contributed by atoms with Gasteiger partial charge in [-0.2, -0.15) is 0 Å². The Hall–Kier alpha value is -3.06. The van der Waals surface area contributed by atoms with E-state index in [-0.39, 0.29) is 19.0 Å². The first-order valence-corrected chi connectivity index (χ1v) is 9.33. The van der Waals surface area contributed by atoms with Crippen LogP contribution in [0.3, 0.4) is 0 Å². The molecule has 1 atom stereocenters. The number of carbonyl (C=O) groups is 3. The minimum Gasteiger partial charge on any atom is -0.311 e. The van der Waals surface area contributed by atoms with Crippen LogP contribution in [0.15, 0.2) is 54.6 Å². The van der Waals surface area contributed by atoms with E-state index < -0.39 is 17.8 Å². The zero-order chi connectivity index (χ0) is 19.7. The van der Waals surface area contributed by atoms with Gasteiger partial charge in [0, 0.05) is 18.4 Å². The average Bonchev–Trinajstić information content (AvgIpc) is 3.52. The van der Waals surface area contributed by atoms with Crippen molar-refractivity contribution in [2.45, 2.75) is 32.0 Å². The number of hydrogen-bond donors (Lipinski definition) is 1. The fraction of sp³-hybridized carbons (Fsp3) is 0.286. The van der Waals surface area contributed by atoms with Crippen molar-refractivity contribution >= 4 is 17.8 Å². The van der Waals surface area contributed by atoms with Gasteiger partial charge in [-0.15, -0.1) is 0 Å². The quantitative estimate of drug-likeness (QED) is 0.580. The van der Waals surface area contributed by atoms with E-state index in [9.17, 15) is 18.8 Å². The Morgan fingerprint density at radius 2 is 1.50 bits per heavy atom. The van der Waals surface area contributed by atoms with E-state index in [1.807, 2.05) is 30.3 Å². The number of amides is 4. The summed E-state index contributed by atoms with van der Waals surface area (Å²) in [5.74, 6) is -1.87. The lowest BCUT2D eigenvalue weighted by atomic mass is 10.2. The molecule has 4 amide bonds. The number of carbonyl (C=O) groups excluding carboxylic acids is 3. The molecule has 4 rings (SSSR count). The SMILES string of the molecule is O=C1C(=O)N(C[NH+](Cc2ccc(F)cc2)C2CC2)C(=O)N1Cc1ccccc1. The summed E-state index contributed by atoms with van der Waals surface area (Å²) in [6.45, 7) is 0.781. The first kappa shape index (κ1) is 18.3. The summed E-state index contributed by atoms with van der Waals surface area (Å²) >= 11 is 0. The van der Waals surface area contributed by atoms with Crippen molar-refractivity contribution in [1.82, 2.24) is 9.80 Å². The molecule has 2 aromatic rings. The fourth-order valence-corrected chi connectivity index (χ4v) is 3.48.